The summed E-state index contributed by atoms with van der Waals surface area (Å²) in [6.45, 7) is 0.486. The summed E-state index contributed by atoms with van der Waals surface area (Å²) in [4.78, 5) is 12.6. The Bertz CT molecular complexity index is 287. The van der Waals surface area contributed by atoms with E-state index in [0.29, 0.717) is 6.54 Å². The Hall–Kier alpha value is -0.610. The Kier molecular flexibility index (Phi) is 4.28. The molecule has 104 valence electrons. The van der Waals surface area contributed by atoms with E-state index in [1.54, 1.807) is 0 Å². The average Bonchev–Trinajstić information content (AvgIpc) is 2.59. The van der Waals surface area contributed by atoms with Gasteiger partial charge in [0.05, 0.1) is 17.6 Å². The smallest absolute Gasteiger partial charge is 0.228 e. The summed E-state index contributed by atoms with van der Waals surface area (Å²) in [6.07, 6.45) is 9.30. The molecule has 4 heteroatoms. The van der Waals surface area contributed by atoms with Crippen molar-refractivity contribution in [2.45, 2.75) is 63.3 Å². The van der Waals surface area contributed by atoms with Crippen LogP contribution in [-0.2, 0) is 4.79 Å². The zero-order valence-electron chi connectivity index (χ0n) is 11.2. The molecule has 2 fully saturated rings. The van der Waals surface area contributed by atoms with Crippen LogP contribution < -0.4 is 11.1 Å². The lowest BCUT2D eigenvalue weighted by atomic mass is 9.74. The Labute approximate surface area is 109 Å². The highest BCUT2D eigenvalue weighted by atomic mass is 16.3. The van der Waals surface area contributed by atoms with E-state index in [-0.39, 0.29) is 23.5 Å². The van der Waals surface area contributed by atoms with E-state index in [1.165, 1.54) is 12.8 Å². The molecule has 2 aliphatic rings. The average molecular weight is 254 g/mol. The Morgan fingerprint density at radius 2 is 1.67 bits per heavy atom. The minimum absolute atomic E-state index is 0.0550. The Morgan fingerprint density at radius 3 is 2.06 bits per heavy atom. The van der Waals surface area contributed by atoms with Gasteiger partial charge in [0.25, 0.3) is 0 Å². The molecule has 2 saturated carbocycles. The third-order valence-electron chi connectivity index (χ3n) is 4.93. The van der Waals surface area contributed by atoms with E-state index in [0.717, 1.165) is 44.9 Å². The van der Waals surface area contributed by atoms with Crippen molar-refractivity contribution in [3.05, 3.63) is 0 Å². The lowest BCUT2D eigenvalue weighted by Gasteiger charge is -2.44. The van der Waals surface area contributed by atoms with Gasteiger partial charge in [0.1, 0.15) is 0 Å². The zero-order valence-corrected chi connectivity index (χ0v) is 11.2. The molecule has 0 radical (unpaired) electrons. The molecule has 1 amide bonds. The van der Waals surface area contributed by atoms with Gasteiger partial charge in [-0.1, -0.05) is 25.7 Å². The molecule has 0 aromatic rings. The largest absolute Gasteiger partial charge is 0.394 e. The van der Waals surface area contributed by atoms with E-state index < -0.39 is 0 Å². The number of carbonyl (C=O) groups excluding carboxylic acids is 1. The predicted octanol–water partition coefficient (Wildman–Crippen LogP) is 1.32. The summed E-state index contributed by atoms with van der Waals surface area (Å²) < 4.78 is 0. The van der Waals surface area contributed by atoms with Crippen molar-refractivity contribution in [1.29, 1.82) is 0 Å². The van der Waals surface area contributed by atoms with Crippen LogP contribution in [0.4, 0.5) is 0 Å². The zero-order chi connectivity index (χ0) is 13.1. The van der Waals surface area contributed by atoms with Crippen LogP contribution in [0.3, 0.4) is 0 Å². The highest BCUT2D eigenvalue weighted by Gasteiger charge is 2.44. The summed E-state index contributed by atoms with van der Waals surface area (Å²) in [6, 6.07) is 0. The van der Waals surface area contributed by atoms with Gasteiger partial charge in [0, 0.05) is 6.54 Å². The van der Waals surface area contributed by atoms with E-state index in [9.17, 15) is 9.90 Å². The van der Waals surface area contributed by atoms with Crippen LogP contribution in [-0.4, -0.2) is 29.7 Å². The van der Waals surface area contributed by atoms with E-state index in [1.807, 2.05) is 0 Å². The number of nitrogens with two attached hydrogens (primary N) is 1. The predicted molar refractivity (Wildman–Crippen MR) is 71.0 cm³/mol. The Morgan fingerprint density at radius 1 is 1.06 bits per heavy atom. The third kappa shape index (κ3) is 2.54. The minimum atomic E-state index is -0.381. The maximum absolute atomic E-state index is 12.6. The van der Waals surface area contributed by atoms with E-state index >= 15 is 0 Å². The number of carbonyl (C=O) groups is 1. The van der Waals surface area contributed by atoms with Crippen LogP contribution in [0, 0.1) is 5.41 Å². The van der Waals surface area contributed by atoms with Gasteiger partial charge >= 0.3 is 0 Å². The molecule has 0 bridgehead atoms. The molecular weight excluding hydrogens is 228 g/mol. The minimum Gasteiger partial charge on any atom is -0.394 e. The van der Waals surface area contributed by atoms with Gasteiger partial charge in [-0.25, -0.2) is 0 Å². The second kappa shape index (κ2) is 5.57. The highest BCUT2D eigenvalue weighted by Crippen LogP contribution is 2.37. The first-order valence-corrected chi connectivity index (χ1v) is 7.30. The molecule has 4 nitrogen and oxygen atoms in total. The molecule has 2 aliphatic carbocycles. The molecule has 4 N–H and O–H groups in total. The van der Waals surface area contributed by atoms with Crippen LogP contribution in [0.2, 0.25) is 0 Å². The standard InChI is InChI=1S/C14H26N2O2/c15-10-13(6-3-1-2-4-7-13)12(18)16-14(11-17)8-5-9-14/h17H,1-11,15H2,(H,16,18). The molecule has 0 heterocycles. The molecular formula is C14H26N2O2. The molecule has 0 atom stereocenters. The summed E-state index contributed by atoms with van der Waals surface area (Å²) >= 11 is 0. The highest BCUT2D eigenvalue weighted by molar-refractivity contribution is 5.83. The SMILES string of the molecule is NCC1(C(=O)NC2(CO)CCC2)CCCCCC1. The van der Waals surface area contributed by atoms with Crippen LogP contribution in [0.25, 0.3) is 0 Å². The normalized spacial score (nSPS) is 25.9. The molecule has 0 aliphatic heterocycles. The summed E-state index contributed by atoms with van der Waals surface area (Å²) in [5, 5.41) is 12.5. The van der Waals surface area contributed by atoms with Gasteiger partial charge in [-0.2, -0.15) is 0 Å². The van der Waals surface area contributed by atoms with Crippen molar-refractivity contribution in [1.82, 2.24) is 5.32 Å². The fourth-order valence-electron chi connectivity index (χ4n) is 3.23. The van der Waals surface area contributed by atoms with Crippen molar-refractivity contribution in [3.8, 4) is 0 Å². The lowest BCUT2D eigenvalue weighted by molar-refractivity contribution is -0.135. The van der Waals surface area contributed by atoms with Crippen LogP contribution in [0.1, 0.15) is 57.8 Å². The second-order valence-electron chi connectivity index (χ2n) is 6.14. The number of rotatable bonds is 4. The van der Waals surface area contributed by atoms with Crippen molar-refractivity contribution < 1.29 is 9.90 Å². The monoisotopic (exact) mass is 254 g/mol. The number of hydrogen-bond acceptors (Lipinski definition) is 3. The first-order valence-electron chi connectivity index (χ1n) is 7.30. The summed E-state index contributed by atoms with van der Waals surface area (Å²) in [5.41, 5.74) is 5.18. The van der Waals surface area contributed by atoms with Crippen molar-refractivity contribution in [2.24, 2.45) is 11.1 Å². The number of amides is 1. The Balaban J connectivity index is 2.04. The molecule has 0 saturated heterocycles. The van der Waals surface area contributed by atoms with Gasteiger partial charge in [-0.3, -0.25) is 4.79 Å². The maximum Gasteiger partial charge on any atom is 0.228 e. The van der Waals surface area contributed by atoms with Crippen LogP contribution in [0.15, 0.2) is 0 Å². The van der Waals surface area contributed by atoms with Gasteiger partial charge in [-0.05, 0) is 32.1 Å². The van der Waals surface area contributed by atoms with Gasteiger partial charge < -0.3 is 16.2 Å². The second-order valence-corrected chi connectivity index (χ2v) is 6.14. The topological polar surface area (TPSA) is 75.4 Å². The first-order chi connectivity index (χ1) is 8.66. The van der Waals surface area contributed by atoms with Crippen LogP contribution >= 0.6 is 0 Å². The van der Waals surface area contributed by atoms with Crippen molar-refractivity contribution in [2.75, 3.05) is 13.2 Å². The number of hydrogen-bond donors (Lipinski definition) is 3. The van der Waals surface area contributed by atoms with Crippen molar-refractivity contribution >= 4 is 5.91 Å². The molecule has 0 unspecified atom stereocenters. The molecule has 0 aromatic carbocycles. The van der Waals surface area contributed by atoms with Gasteiger partial charge in [0.2, 0.25) is 5.91 Å². The van der Waals surface area contributed by atoms with Gasteiger partial charge in [0.15, 0.2) is 0 Å². The number of aliphatic hydroxyl groups excluding tert-OH is 1. The fourth-order valence-corrected chi connectivity index (χ4v) is 3.23. The lowest BCUT2D eigenvalue weighted by Crippen LogP contribution is -2.60. The quantitative estimate of drug-likeness (QED) is 0.662. The molecule has 0 aromatic heterocycles. The molecule has 2 rings (SSSR count). The summed E-state index contributed by atoms with van der Waals surface area (Å²) in [5.74, 6) is 0.0839. The van der Waals surface area contributed by atoms with E-state index in [2.05, 4.69) is 5.32 Å². The van der Waals surface area contributed by atoms with E-state index in [4.69, 9.17) is 5.73 Å². The van der Waals surface area contributed by atoms with Crippen LogP contribution in [0.5, 0.6) is 0 Å². The first kappa shape index (κ1) is 13.8. The molecule has 0 spiro atoms. The number of nitrogens with one attached hydrogen (secondary N) is 1. The third-order valence-corrected chi connectivity index (χ3v) is 4.93. The van der Waals surface area contributed by atoms with Crippen molar-refractivity contribution in [3.63, 3.8) is 0 Å². The summed E-state index contributed by atoms with van der Waals surface area (Å²) in [7, 11) is 0. The molecule has 18 heavy (non-hydrogen) atoms. The van der Waals surface area contributed by atoms with Gasteiger partial charge in [-0.15, -0.1) is 0 Å². The fraction of sp³-hybridized carbons (Fsp3) is 0.929. The number of aliphatic hydroxyl groups is 1. The maximum atomic E-state index is 12.6.